The normalized spacial score (nSPS) is 27.2. The number of rotatable bonds is 5. The minimum Gasteiger partial charge on any atom is -0.461 e. The molecule has 4 heterocycles. The monoisotopic (exact) mass is 404 g/mol. The second-order valence-electron chi connectivity index (χ2n) is 8.15. The Bertz CT molecular complexity index is 828. The van der Waals surface area contributed by atoms with Crippen molar-refractivity contribution in [1.82, 2.24) is 20.4 Å². The molecule has 29 heavy (non-hydrogen) atoms. The summed E-state index contributed by atoms with van der Waals surface area (Å²) in [6.07, 6.45) is 3.16. The number of hydrogen-bond acceptors (Lipinski definition) is 8. The molecule has 1 spiro atoms. The van der Waals surface area contributed by atoms with E-state index >= 15 is 0 Å². The first-order valence-electron chi connectivity index (χ1n) is 10.2. The van der Waals surface area contributed by atoms with E-state index in [-0.39, 0.29) is 5.91 Å². The van der Waals surface area contributed by atoms with Crippen molar-refractivity contribution in [2.45, 2.75) is 63.3 Å². The van der Waals surface area contributed by atoms with Crippen LogP contribution in [0.5, 0.6) is 0 Å². The number of hydrogen-bond donors (Lipinski definition) is 2. The van der Waals surface area contributed by atoms with Gasteiger partial charge in [0.25, 0.3) is 0 Å². The fourth-order valence-corrected chi connectivity index (χ4v) is 4.32. The summed E-state index contributed by atoms with van der Waals surface area (Å²) in [4.78, 5) is 18.5. The van der Waals surface area contributed by atoms with Crippen LogP contribution in [0.4, 0.5) is 0 Å². The zero-order valence-corrected chi connectivity index (χ0v) is 16.9. The van der Waals surface area contributed by atoms with E-state index in [0.29, 0.717) is 56.3 Å². The second-order valence-corrected chi connectivity index (χ2v) is 8.15. The van der Waals surface area contributed by atoms with Gasteiger partial charge in [-0.3, -0.25) is 9.69 Å². The molecule has 9 heteroatoms. The van der Waals surface area contributed by atoms with Gasteiger partial charge in [0.1, 0.15) is 6.10 Å². The average molecular weight is 404 g/mol. The van der Waals surface area contributed by atoms with Crippen LogP contribution in [-0.4, -0.2) is 63.0 Å². The summed E-state index contributed by atoms with van der Waals surface area (Å²) >= 11 is 0. The SMILES string of the molecule is CCC(=O)N[C@]1(C)CCOC2(CCN(Cc3nc(-c4ccco4)no3)CC2)[C@H]1O. The molecule has 2 saturated heterocycles. The zero-order valence-electron chi connectivity index (χ0n) is 16.9. The molecule has 9 nitrogen and oxygen atoms in total. The van der Waals surface area contributed by atoms with Gasteiger partial charge < -0.3 is 24.1 Å². The van der Waals surface area contributed by atoms with E-state index in [9.17, 15) is 9.90 Å². The van der Waals surface area contributed by atoms with Gasteiger partial charge >= 0.3 is 0 Å². The highest BCUT2D eigenvalue weighted by molar-refractivity contribution is 5.76. The fourth-order valence-electron chi connectivity index (χ4n) is 4.32. The third-order valence-corrected chi connectivity index (χ3v) is 6.13. The van der Waals surface area contributed by atoms with Gasteiger partial charge in [-0.15, -0.1) is 0 Å². The van der Waals surface area contributed by atoms with Crippen LogP contribution < -0.4 is 5.32 Å². The van der Waals surface area contributed by atoms with E-state index in [2.05, 4.69) is 20.4 Å². The summed E-state index contributed by atoms with van der Waals surface area (Å²) in [6.45, 7) is 6.24. The molecule has 0 saturated carbocycles. The summed E-state index contributed by atoms with van der Waals surface area (Å²) in [5, 5.41) is 18.1. The van der Waals surface area contributed by atoms with Crippen molar-refractivity contribution in [2.75, 3.05) is 19.7 Å². The molecule has 0 aliphatic carbocycles. The van der Waals surface area contributed by atoms with Crippen LogP contribution >= 0.6 is 0 Å². The number of amides is 1. The van der Waals surface area contributed by atoms with E-state index in [0.717, 1.165) is 13.1 Å². The van der Waals surface area contributed by atoms with Crippen LogP contribution in [0.1, 0.15) is 45.4 Å². The number of carbonyl (C=O) groups is 1. The Morgan fingerprint density at radius 1 is 1.38 bits per heavy atom. The van der Waals surface area contributed by atoms with E-state index in [1.54, 1.807) is 18.4 Å². The van der Waals surface area contributed by atoms with Crippen molar-refractivity contribution in [1.29, 1.82) is 0 Å². The third kappa shape index (κ3) is 3.94. The molecule has 2 fully saturated rings. The van der Waals surface area contributed by atoms with E-state index in [1.165, 1.54) is 0 Å². The van der Waals surface area contributed by atoms with Gasteiger partial charge in [-0.2, -0.15) is 4.98 Å². The number of likely N-dealkylation sites (tertiary alicyclic amines) is 1. The molecule has 2 aromatic rings. The van der Waals surface area contributed by atoms with Gasteiger partial charge in [-0.25, -0.2) is 0 Å². The molecule has 2 aliphatic heterocycles. The summed E-state index contributed by atoms with van der Waals surface area (Å²) in [6, 6.07) is 3.57. The Labute approximate surface area is 169 Å². The van der Waals surface area contributed by atoms with Crippen molar-refractivity contribution in [3.05, 3.63) is 24.3 Å². The van der Waals surface area contributed by atoms with Crippen molar-refractivity contribution < 1.29 is 23.6 Å². The van der Waals surface area contributed by atoms with Gasteiger partial charge in [0.2, 0.25) is 17.6 Å². The molecule has 2 aliphatic rings. The number of nitrogens with zero attached hydrogens (tertiary/aromatic N) is 3. The number of aromatic nitrogens is 2. The van der Waals surface area contributed by atoms with Crippen LogP contribution in [0.15, 0.2) is 27.3 Å². The van der Waals surface area contributed by atoms with Crippen molar-refractivity contribution in [2.24, 2.45) is 0 Å². The highest BCUT2D eigenvalue weighted by Gasteiger charge is 2.53. The Kier molecular flexibility index (Phi) is 5.46. The maximum absolute atomic E-state index is 11.9. The molecule has 0 bridgehead atoms. The number of carbonyl (C=O) groups excluding carboxylic acids is 1. The van der Waals surface area contributed by atoms with Crippen LogP contribution in [0, 0.1) is 0 Å². The smallest absolute Gasteiger partial charge is 0.241 e. The molecular formula is C20H28N4O5. The van der Waals surface area contributed by atoms with E-state index < -0.39 is 17.2 Å². The standard InChI is InChI=1S/C20H28N4O5/c1-3-15(25)22-19(2)8-12-28-20(18(19)26)6-9-24(10-7-20)13-16-21-17(23-29-16)14-5-4-11-27-14/h4-5,11,18,26H,3,6-10,12-13H2,1-2H3,(H,22,25)/t18-,19+/m0/s1. The van der Waals surface area contributed by atoms with Gasteiger partial charge in [-0.1, -0.05) is 12.1 Å². The largest absolute Gasteiger partial charge is 0.461 e. The molecule has 2 aromatic heterocycles. The minimum absolute atomic E-state index is 0.0511. The fraction of sp³-hybridized carbons (Fsp3) is 0.650. The zero-order chi connectivity index (χ0) is 20.5. The summed E-state index contributed by atoms with van der Waals surface area (Å²) < 4.78 is 16.7. The molecule has 0 unspecified atom stereocenters. The maximum Gasteiger partial charge on any atom is 0.241 e. The number of ether oxygens (including phenoxy) is 1. The molecule has 158 valence electrons. The molecule has 2 atom stereocenters. The van der Waals surface area contributed by atoms with Crippen molar-refractivity contribution >= 4 is 5.91 Å². The Morgan fingerprint density at radius 2 is 2.17 bits per heavy atom. The quantitative estimate of drug-likeness (QED) is 0.774. The van der Waals surface area contributed by atoms with Crippen LogP contribution in [-0.2, 0) is 16.1 Å². The van der Waals surface area contributed by atoms with Gasteiger partial charge in [0, 0.05) is 26.1 Å². The summed E-state index contributed by atoms with van der Waals surface area (Å²) in [7, 11) is 0. The predicted molar refractivity (Wildman–Crippen MR) is 103 cm³/mol. The van der Waals surface area contributed by atoms with Crippen LogP contribution in [0.25, 0.3) is 11.6 Å². The van der Waals surface area contributed by atoms with Gasteiger partial charge in [0.15, 0.2) is 5.76 Å². The lowest BCUT2D eigenvalue weighted by molar-refractivity contribution is -0.208. The van der Waals surface area contributed by atoms with Crippen molar-refractivity contribution in [3.63, 3.8) is 0 Å². The first kappa shape index (κ1) is 20.1. The second kappa shape index (κ2) is 7.89. The molecule has 0 radical (unpaired) electrons. The molecule has 4 rings (SSSR count). The number of aliphatic hydroxyl groups is 1. The first-order valence-corrected chi connectivity index (χ1v) is 10.2. The number of aliphatic hydroxyl groups excluding tert-OH is 1. The first-order chi connectivity index (χ1) is 13.9. The van der Waals surface area contributed by atoms with E-state index in [1.807, 2.05) is 13.8 Å². The molecule has 1 amide bonds. The lowest BCUT2D eigenvalue weighted by Gasteiger charge is -2.53. The molecule has 0 aromatic carbocycles. The summed E-state index contributed by atoms with van der Waals surface area (Å²) in [5.41, 5.74) is -1.31. The lowest BCUT2D eigenvalue weighted by atomic mass is 9.73. The maximum atomic E-state index is 11.9. The van der Waals surface area contributed by atoms with Gasteiger partial charge in [-0.05, 0) is 38.3 Å². The number of nitrogens with one attached hydrogen (secondary N) is 1. The van der Waals surface area contributed by atoms with E-state index in [4.69, 9.17) is 13.7 Å². The molecule has 2 N–H and O–H groups in total. The minimum atomic E-state index is -0.754. The lowest BCUT2D eigenvalue weighted by Crippen LogP contribution is -2.69. The predicted octanol–water partition coefficient (Wildman–Crippen LogP) is 1.73. The number of furan rings is 1. The Hall–Kier alpha value is -2.23. The van der Waals surface area contributed by atoms with Crippen LogP contribution in [0.3, 0.4) is 0 Å². The van der Waals surface area contributed by atoms with Gasteiger partial charge in [0.05, 0.1) is 23.9 Å². The average Bonchev–Trinajstić information content (AvgIpc) is 3.40. The topological polar surface area (TPSA) is 114 Å². The summed E-state index contributed by atoms with van der Waals surface area (Å²) in [5.74, 6) is 1.49. The van der Waals surface area contributed by atoms with Crippen molar-refractivity contribution in [3.8, 4) is 11.6 Å². The third-order valence-electron chi connectivity index (χ3n) is 6.13. The Balaban J connectivity index is 1.37. The van der Waals surface area contributed by atoms with Crippen LogP contribution in [0.2, 0.25) is 0 Å². The molecular weight excluding hydrogens is 376 g/mol. The number of piperidine rings is 1. The highest BCUT2D eigenvalue weighted by atomic mass is 16.5. The highest BCUT2D eigenvalue weighted by Crippen LogP contribution is 2.40. The Morgan fingerprint density at radius 3 is 2.86 bits per heavy atom.